The second-order valence-corrected chi connectivity index (χ2v) is 4.73. The van der Waals surface area contributed by atoms with E-state index < -0.39 is 0 Å². The predicted octanol–water partition coefficient (Wildman–Crippen LogP) is 3.62. The maximum atomic E-state index is 9.52. The van der Waals surface area contributed by atoms with Crippen LogP contribution in [0.1, 0.15) is 11.1 Å². The van der Waals surface area contributed by atoms with Crippen LogP contribution in [-0.4, -0.2) is 15.1 Å². The summed E-state index contributed by atoms with van der Waals surface area (Å²) in [5, 5.41) is 9.52. The highest BCUT2D eigenvalue weighted by Gasteiger charge is 2.05. The van der Waals surface area contributed by atoms with Crippen molar-refractivity contribution in [3.8, 4) is 17.0 Å². The van der Waals surface area contributed by atoms with Crippen molar-refractivity contribution in [3.05, 3.63) is 53.7 Å². The van der Waals surface area contributed by atoms with Crippen molar-refractivity contribution < 1.29 is 5.11 Å². The maximum Gasteiger partial charge on any atom is 0.116 e. The molecule has 0 unspecified atom stereocenters. The summed E-state index contributed by atoms with van der Waals surface area (Å²) in [5.74, 6) is 0.236. The summed E-state index contributed by atoms with van der Waals surface area (Å²) in [4.78, 5) is 9.06. The minimum Gasteiger partial charge on any atom is -0.508 e. The number of phenolic OH excluding ortho intramolecular Hbond substituents is 1. The molecular formula is C16H14N2O. The Hall–Kier alpha value is -2.42. The van der Waals surface area contributed by atoms with Gasteiger partial charge in [-0.1, -0.05) is 12.1 Å². The molecule has 0 saturated carbocycles. The van der Waals surface area contributed by atoms with E-state index in [-0.39, 0.29) is 5.75 Å². The fourth-order valence-corrected chi connectivity index (χ4v) is 2.07. The lowest BCUT2D eigenvalue weighted by Gasteiger charge is -2.05. The third-order valence-corrected chi connectivity index (χ3v) is 3.30. The van der Waals surface area contributed by atoms with Crippen LogP contribution in [0, 0.1) is 13.8 Å². The molecule has 0 spiro atoms. The van der Waals surface area contributed by atoms with Gasteiger partial charge in [-0.25, -0.2) is 4.98 Å². The lowest BCUT2D eigenvalue weighted by molar-refractivity contribution is 0.475. The topological polar surface area (TPSA) is 46.0 Å². The molecule has 3 rings (SSSR count). The number of rotatable bonds is 1. The zero-order valence-corrected chi connectivity index (χ0v) is 10.9. The summed E-state index contributed by atoms with van der Waals surface area (Å²) in [7, 11) is 0. The first-order valence-corrected chi connectivity index (χ1v) is 6.17. The lowest BCUT2D eigenvalue weighted by atomic mass is 10.1. The number of benzene rings is 2. The SMILES string of the molecule is Cc1cc2ncc(-c3cccc(O)c3)nc2cc1C. The van der Waals surface area contributed by atoms with Crippen molar-refractivity contribution in [2.24, 2.45) is 0 Å². The smallest absolute Gasteiger partial charge is 0.116 e. The van der Waals surface area contributed by atoms with Crippen LogP contribution in [0.4, 0.5) is 0 Å². The lowest BCUT2D eigenvalue weighted by Crippen LogP contribution is -1.91. The number of nitrogens with zero attached hydrogens (tertiary/aromatic N) is 2. The number of aromatic nitrogens is 2. The van der Waals surface area contributed by atoms with Gasteiger partial charge in [-0.3, -0.25) is 4.98 Å². The molecule has 0 bridgehead atoms. The molecule has 0 atom stereocenters. The molecule has 0 radical (unpaired) electrons. The minimum atomic E-state index is 0.236. The normalized spacial score (nSPS) is 10.8. The van der Waals surface area contributed by atoms with E-state index in [0.717, 1.165) is 22.3 Å². The Balaban J connectivity index is 2.19. The molecule has 19 heavy (non-hydrogen) atoms. The van der Waals surface area contributed by atoms with E-state index in [1.54, 1.807) is 24.4 Å². The summed E-state index contributed by atoms with van der Waals surface area (Å²) < 4.78 is 0. The Bertz CT molecular complexity index is 766. The van der Waals surface area contributed by atoms with Crippen molar-refractivity contribution in [1.29, 1.82) is 0 Å². The maximum absolute atomic E-state index is 9.52. The van der Waals surface area contributed by atoms with Crippen LogP contribution < -0.4 is 0 Å². The average Bonchev–Trinajstić information content (AvgIpc) is 2.39. The van der Waals surface area contributed by atoms with Gasteiger partial charge in [0.05, 0.1) is 22.9 Å². The standard InChI is InChI=1S/C16H14N2O/c1-10-6-14-15(7-11(10)2)18-16(9-17-14)12-4-3-5-13(19)8-12/h3-9,19H,1-2H3. The number of phenols is 1. The third kappa shape index (κ3) is 2.15. The third-order valence-electron chi connectivity index (χ3n) is 3.30. The first-order valence-electron chi connectivity index (χ1n) is 6.17. The van der Waals surface area contributed by atoms with E-state index in [9.17, 15) is 5.11 Å². The van der Waals surface area contributed by atoms with Crippen LogP contribution in [0.2, 0.25) is 0 Å². The Kier molecular flexibility index (Phi) is 2.67. The first kappa shape index (κ1) is 11.7. The highest BCUT2D eigenvalue weighted by Crippen LogP contribution is 2.23. The quantitative estimate of drug-likeness (QED) is 0.717. The second-order valence-electron chi connectivity index (χ2n) is 4.73. The van der Waals surface area contributed by atoms with Crippen LogP contribution in [0.3, 0.4) is 0 Å². The van der Waals surface area contributed by atoms with Gasteiger partial charge in [-0.15, -0.1) is 0 Å². The molecule has 0 aliphatic heterocycles. The number of aryl methyl sites for hydroxylation is 2. The Morgan fingerprint density at radius 2 is 1.68 bits per heavy atom. The van der Waals surface area contributed by atoms with E-state index in [1.807, 2.05) is 18.2 Å². The summed E-state index contributed by atoms with van der Waals surface area (Å²) >= 11 is 0. The number of fused-ring (bicyclic) bond motifs is 1. The van der Waals surface area contributed by atoms with E-state index in [2.05, 4.69) is 23.8 Å². The van der Waals surface area contributed by atoms with Gasteiger partial charge < -0.3 is 5.11 Å². The van der Waals surface area contributed by atoms with Crippen molar-refractivity contribution in [1.82, 2.24) is 9.97 Å². The number of aromatic hydroxyl groups is 1. The van der Waals surface area contributed by atoms with Crippen LogP contribution in [0.15, 0.2) is 42.6 Å². The molecular weight excluding hydrogens is 236 g/mol. The zero-order valence-electron chi connectivity index (χ0n) is 10.9. The molecule has 3 nitrogen and oxygen atoms in total. The molecule has 94 valence electrons. The molecule has 0 saturated heterocycles. The van der Waals surface area contributed by atoms with Crippen molar-refractivity contribution in [2.45, 2.75) is 13.8 Å². The molecule has 3 aromatic rings. The largest absolute Gasteiger partial charge is 0.508 e. The van der Waals surface area contributed by atoms with Gasteiger partial charge in [0.1, 0.15) is 5.75 Å². The van der Waals surface area contributed by atoms with Gasteiger partial charge in [0, 0.05) is 5.56 Å². The Labute approximate surface area is 111 Å². The molecule has 0 fully saturated rings. The molecule has 0 aliphatic carbocycles. The van der Waals surface area contributed by atoms with E-state index in [4.69, 9.17) is 0 Å². The van der Waals surface area contributed by atoms with Crippen LogP contribution in [-0.2, 0) is 0 Å². The molecule has 1 N–H and O–H groups in total. The second kappa shape index (κ2) is 4.35. The summed E-state index contributed by atoms with van der Waals surface area (Å²) in [6.45, 7) is 4.14. The average molecular weight is 250 g/mol. The monoisotopic (exact) mass is 250 g/mol. The zero-order chi connectivity index (χ0) is 13.4. The number of hydrogen-bond donors (Lipinski definition) is 1. The van der Waals surface area contributed by atoms with Gasteiger partial charge in [-0.05, 0) is 49.2 Å². The van der Waals surface area contributed by atoms with Gasteiger partial charge in [0.25, 0.3) is 0 Å². The fraction of sp³-hybridized carbons (Fsp3) is 0.125. The predicted molar refractivity (Wildman–Crippen MR) is 76.1 cm³/mol. The molecule has 2 aromatic carbocycles. The highest BCUT2D eigenvalue weighted by atomic mass is 16.3. The molecule has 0 amide bonds. The summed E-state index contributed by atoms with van der Waals surface area (Å²) in [6.07, 6.45) is 1.74. The summed E-state index contributed by atoms with van der Waals surface area (Å²) in [6, 6.07) is 11.1. The van der Waals surface area contributed by atoms with Gasteiger partial charge in [0.2, 0.25) is 0 Å². The molecule has 1 aromatic heterocycles. The molecule has 0 aliphatic rings. The van der Waals surface area contributed by atoms with Crippen LogP contribution in [0.5, 0.6) is 5.75 Å². The fourth-order valence-electron chi connectivity index (χ4n) is 2.07. The van der Waals surface area contributed by atoms with Crippen molar-refractivity contribution >= 4 is 11.0 Å². The highest BCUT2D eigenvalue weighted by molar-refractivity contribution is 5.78. The van der Waals surface area contributed by atoms with Gasteiger partial charge in [-0.2, -0.15) is 0 Å². The Morgan fingerprint density at radius 3 is 2.42 bits per heavy atom. The first-order chi connectivity index (χ1) is 9.13. The molecule has 1 heterocycles. The van der Waals surface area contributed by atoms with E-state index >= 15 is 0 Å². The van der Waals surface area contributed by atoms with Gasteiger partial charge >= 0.3 is 0 Å². The van der Waals surface area contributed by atoms with E-state index in [0.29, 0.717) is 0 Å². The Morgan fingerprint density at radius 1 is 0.947 bits per heavy atom. The van der Waals surface area contributed by atoms with Crippen LogP contribution >= 0.6 is 0 Å². The van der Waals surface area contributed by atoms with Gasteiger partial charge in [0.15, 0.2) is 0 Å². The van der Waals surface area contributed by atoms with Crippen LogP contribution in [0.25, 0.3) is 22.3 Å². The van der Waals surface area contributed by atoms with E-state index in [1.165, 1.54) is 11.1 Å². The summed E-state index contributed by atoms with van der Waals surface area (Å²) in [5.41, 5.74) is 5.83. The minimum absolute atomic E-state index is 0.236. The van der Waals surface area contributed by atoms with Crippen molar-refractivity contribution in [2.75, 3.05) is 0 Å². The number of hydrogen-bond acceptors (Lipinski definition) is 3. The van der Waals surface area contributed by atoms with Crippen molar-refractivity contribution in [3.63, 3.8) is 0 Å². The molecule has 3 heteroatoms.